The van der Waals surface area contributed by atoms with Crippen molar-refractivity contribution in [1.82, 2.24) is 19.9 Å². The van der Waals surface area contributed by atoms with E-state index in [0.29, 0.717) is 18.9 Å². The monoisotopic (exact) mass is 495 g/mol. The van der Waals surface area contributed by atoms with Crippen molar-refractivity contribution in [3.05, 3.63) is 54.2 Å². The number of aliphatic imine (C=N–C) groups is 1. The van der Waals surface area contributed by atoms with E-state index >= 15 is 0 Å². The Morgan fingerprint density at radius 2 is 1.93 bits per heavy atom. The molecular formula is C19H23FIN7. The third kappa shape index (κ3) is 4.51. The smallest absolute Gasteiger partial charge is 0.225 e. The standard InChI is InChI=1S/C19H22FN7.HI/c20-15-2-3-17-16(12-15)14(13-25-17)4-7-22-18(21)26-8-10-27(11-9-26)19-23-5-1-6-24-19;/h1-3,5-6,12-13,25H,4,7-11H2,(H2,21,22);1H. The second-order valence-corrected chi connectivity index (χ2v) is 6.52. The van der Waals surface area contributed by atoms with Gasteiger partial charge in [0.1, 0.15) is 5.82 Å². The Labute approximate surface area is 179 Å². The number of halogens is 2. The van der Waals surface area contributed by atoms with E-state index in [9.17, 15) is 4.39 Å². The van der Waals surface area contributed by atoms with E-state index in [2.05, 4.69) is 29.7 Å². The van der Waals surface area contributed by atoms with Gasteiger partial charge in [-0.15, -0.1) is 24.0 Å². The summed E-state index contributed by atoms with van der Waals surface area (Å²) in [5, 5.41) is 0.903. The van der Waals surface area contributed by atoms with Crippen LogP contribution in [0.1, 0.15) is 5.56 Å². The van der Waals surface area contributed by atoms with Gasteiger partial charge in [-0.25, -0.2) is 14.4 Å². The highest BCUT2D eigenvalue weighted by Crippen LogP contribution is 2.19. The van der Waals surface area contributed by atoms with Crippen LogP contribution in [0.3, 0.4) is 0 Å². The van der Waals surface area contributed by atoms with Crippen LogP contribution in [0.5, 0.6) is 0 Å². The number of guanidine groups is 1. The van der Waals surface area contributed by atoms with Crippen LogP contribution in [-0.2, 0) is 6.42 Å². The lowest BCUT2D eigenvalue weighted by atomic mass is 10.1. The first kappa shape index (κ1) is 20.3. The van der Waals surface area contributed by atoms with Crippen molar-refractivity contribution in [2.45, 2.75) is 6.42 Å². The minimum Gasteiger partial charge on any atom is -0.370 e. The summed E-state index contributed by atoms with van der Waals surface area (Å²) in [7, 11) is 0. The molecule has 3 N–H and O–H groups in total. The molecule has 1 aromatic carbocycles. The molecule has 0 saturated carbocycles. The lowest BCUT2D eigenvalue weighted by Gasteiger charge is -2.35. The Hall–Kier alpha value is -2.43. The van der Waals surface area contributed by atoms with Crippen molar-refractivity contribution in [3.63, 3.8) is 0 Å². The van der Waals surface area contributed by atoms with E-state index in [1.165, 1.54) is 6.07 Å². The van der Waals surface area contributed by atoms with Gasteiger partial charge in [-0.3, -0.25) is 4.99 Å². The molecule has 3 heterocycles. The maximum Gasteiger partial charge on any atom is 0.225 e. The Balaban J connectivity index is 0.00000225. The summed E-state index contributed by atoms with van der Waals surface area (Å²) in [6, 6.07) is 6.58. The SMILES string of the molecule is I.NC(=NCCc1c[nH]c2ccc(F)cc12)N1CCN(c2ncccn2)CC1. The number of piperazine rings is 1. The van der Waals surface area contributed by atoms with Crippen LogP contribution < -0.4 is 10.6 Å². The molecule has 7 nitrogen and oxygen atoms in total. The zero-order chi connectivity index (χ0) is 18.6. The number of H-pyrrole nitrogens is 1. The second kappa shape index (κ2) is 9.18. The molecule has 148 valence electrons. The number of aromatic amines is 1. The molecule has 0 atom stereocenters. The number of benzene rings is 1. The van der Waals surface area contributed by atoms with Crippen LogP contribution in [0.25, 0.3) is 10.9 Å². The molecule has 2 aromatic heterocycles. The van der Waals surface area contributed by atoms with Crippen LogP contribution in [-0.4, -0.2) is 58.5 Å². The number of nitrogens with two attached hydrogens (primary N) is 1. The van der Waals surface area contributed by atoms with Gasteiger partial charge in [-0.1, -0.05) is 0 Å². The third-order valence-electron chi connectivity index (χ3n) is 4.82. The maximum absolute atomic E-state index is 13.5. The zero-order valence-corrected chi connectivity index (χ0v) is 17.7. The normalized spacial score (nSPS) is 15.0. The molecule has 0 bridgehead atoms. The number of hydrogen-bond donors (Lipinski definition) is 2. The van der Waals surface area contributed by atoms with E-state index in [1.807, 2.05) is 12.3 Å². The molecule has 0 unspecified atom stereocenters. The number of nitrogens with one attached hydrogen (secondary N) is 1. The molecule has 1 saturated heterocycles. The lowest BCUT2D eigenvalue weighted by Crippen LogP contribution is -2.51. The van der Waals surface area contributed by atoms with Gasteiger partial charge in [0.2, 0.25) is 5.95 Å². The van der Waals surface area contributed by atoms with E-state index < -0.39 is 0 Å². The van der Waals surface area contributed by atoms with Crippen molar-refractivity contribution >= 4 is 46.8 Å². The highest BCUT2D eigenvalue weighted by Gasteiger charge is 2.19. The predicted octanol–water partition coefficient (Wildman–Crippen LogP) is 2.39. The number of nitrogens with zero attached hydrogens (tertiary/aromatic N) is 5. The van der Waals surface area contributed by atoms with Gasteiger partial charge in [-0.2, -0.15) is 0 Å². The van der Waals surface area contributed by atoms with Crippen LogP contribution in [0.2, 0.25) is 0 Å². The summed E-state index contributed by atoms with van der Waals surface area (Å²) in [6.07, 6.45) is 6.12. The molecule has 3 aromatic rings. The first-order valence-corrected chi connectivity index (χ1v) is 9.03. The largest absolute Gasteiger partial charge is 0.370 e. The molecule has 4 rings (SSSR count). The minimum atomic E-state index is -0.230. The van der Waals surface area contributed by atoms with E-state index in [0.717, 1.165) is 48.6 Å². The number of hydrogen-bond acceptors (Lipinski definition) is 4. The van der Waals surface area contributed by atoms with Gasteiger partial charge in [0, 0.05) is 62.2 Å². The topological polar surface area (TPSA) is 86.4 Å². The Morgan fingerprint density at radius 1 is 1.18 bits per heavy atom. The van der Waals surface area contributed by atoms with E-state index in [4.69, 9.17) is 5.73 Å². The average molecular weight is 495 g/mol. The number of aromatic nitrogens is 3. The summed E-state index contributed by atoms with van der Waals surface area (Å²) in [5.41, 5.74) is 8.15. The van der Waals surface area contributed by atoms with Gasteiger partial charge in [-0.05, 0) is 36.2 Å². The molecule has 0 radical (unpaired) electrons. The molecule has 1 aliphatic rings. The predicted molar refractivity (Wildman–Crippen MR) is 120 cm³/mol. The lowest BCUT2D eigenvalue weighted by molar-refractivity contribution is 0.378. The van der Waals surface area contributed by atoms with Crippen LogP contribution >= 0.6 is 24.0 Å². The number of rotatable bonds is 4. The third-order valence-corrected chi connectivity index (χ3v) is 4.82. The summed E-state index contributed by atoms with van der Waals surface area (Å²) < 4.78 is 13.5. The Kier molecular flexibility index (Phi) is 6.65. The molecule has 28 heavy (non-hydrogen) atoms. The van der Waals surface area contributed by atoms with Crippen LogP contribution in [0.15, 0.2) is 47.8 Å². The van der Waals surface area contributed by atoms with Crippen molar-refractivity contribution in [1.29, 1.82) is 0 Å². The summed E-state index contributed by atoms with van der Waals surface area (Å²) in [6.45, 7) is 3.75. The van der Waals surface area contributed by atoms with Crippen molar-refractivity contribution in [2.24, 2.45) is 10.7 Å². The van der Waals surface area contributed by atoms with Crippen molar-refractivity contribution in [2.75, 3.05) is 37.6 Å². The maximum atomic E-state index is 13.5. The molecule has 0 spiro atoms. The fourth-order valence-electron chi connectivity index (χ4n) is 3.34. The van der Waals surface area contributed by atoms with Gasteiger partial charge < -0.3 is 20.5 Å². The summed E-state index contributed by atoms with van der Waals surface area (Å²) in [5.74, 6) is 1.07. The second-order valence-electron chi connectivity index (χ2n) is 6.52. The zero-order valence-electron chi connectivity index (χ0n) is 15.4. The molecule has 1 fully saturated rings. The van der Waals surface area contributed by atoms with E-state index in [-0.39, 0.29) is 29.8 Å². The fourth-order valence-corrected chi connectivity index (χ4v) is 3.34. The fraction of sp³-hybridized carbons (Fsp3) is 0.316. The first-order valence-electron chi connectivity index (χ1n) is 9.03. The first-order chi connectivity index (χ1) is 13.2. The van der Waals surface area contributed by atoms with Crippen LogP contribution in [0, 0.1) is 5.82 Å². The van der Waals surface area contributed by atoms with Crippen LogP contribution in [0.4, 0.5) is 10.3 Å². The van der Waals surface area contributed by atoms with Gasteiger partial charge in [0.05, 0.1) is 0 Å². The van der Waals surface area contributed by atoms with Gasteiger partial charge >= 0.3 is 0 Å². The number of fused-ring (bicyclic) bond motifs is 1. The quantitative estimate of drug-likeness (QED) is 0.330. The molecule has 0 amide bonds. The van der Waals surface area contributed by atoms with Crippen molar-refractivity contribution < 1.29 is 4.39 Å². The van der Waals surface area contributed by atoms with Crippen molar-refractivity contribution in [3.8, 4) is 0 Å². The number of anilines is 1. The molecule has 9 heteroatoms. The Bertz CT molecular complexity index is 936. The average Bonchev–Trinajstić information content (AvgIpc) is 3.11. The van der Waals surface area contributed by atoms with Gasteiger partial charge in [0.25, 0.3) is 0 Å². The van der Waals surface area contributed by atoms with E-state index in [1.54, 1.807) is 24.5 Å². The summed E-state index contributed by atoms with van der Waals surface area (Å²) in [4.78, 5) is 20.5. The molecule has 0 aliphatic carbocycles. The Morgan fingerprint density at radius 3 is 2.68 bits per heavy atom. The highest BCUT2D eigenvalue weighted by molar-refractivity contribution is 14.0. The van der Waals surface area contributed by atoms with Gasteiger partial charge in [0.15, 0.2) is 5.96 Å². The molecular weight excluding hydrogens is 472 g/mol. The molecule has 1 aliphatic heterocycles. The summed E-state index contributed by atoms with van der Waals surface area (Å²) >= 11 is 0. The minimum absolute atomic E-state index is 0. The highest BCUT2D eigenvalue weighted by atomic mass is 127.